The van der Waals surface area contributed by atoms with Crippen LogP contribution in [-0.4, -0.2) is 153 Å². The highest BCUT2D eigenvalue weighted by Crippen LogP contribution is 2.57. The zero-order valence-corrected chi connectivity index (χ0v) is 99.9. The standard InChI is InChI=1S/C16H20N2.C15H18N2.C11H16FN.C11H15NO2.C10H15N.C9H17N.C8H17N.C8H16.C6H12F3N.C6H14S.C5H11Cl.C5H12O.C4H9N3.C4H11N.C4H10O/c1-13(2)12-18(3)16-8-6-14(7-9-16)15-5-4-10-17-11-15;1-12(2)10-17-15-7-5-13(6-8-15)14-4-3-9-16-11-14;1-9(2)7-13-8-10-3-5-11(12)6-4-10;1-9(2)8-14-11(13)12-10-6-4-3-5-7-10;1-9(2)8-11-10-6-4-3-5-7-10;1-7(2)6-10-9-3-8(4-9)5-9;1-7(2)5-9-6-8-3-4-8;1-6-8(4,5)7(2)3;1-5(2)3-10-4-6(7,8)9;1-5(2)6(3)7-4;2*1-4(2)5(3)6;1-4(2)3-6-7-5;2*1-4(2)3-5/h4-11,13H,12H2,1-3H3;3-9,11-12,17H,10H2,1-2H3;3-6,9,13H,7-8H2,1-2H3;3-7,9H,8H2,1-2H3,(H,12,13);3-7,9,11H,8H2,1-2H3;7-8,10H,3-6H2,1-2H3;7-9H,3-6H2,1-2H3;6-7H,1H2,2-5H3;5,10H,3-4H2,1-2H3;5-6H,1-4H3;4-5H,1-3H3;4-6H,1-3H3;4H,3H2,1-2H3;4H,3,5H2,1-2H3;4-5H,3H2,1-2H3. The molecule has 4 saturated carbocycles. The topological polar surface area (TPSA) is 255 Å². The van der Waals surface area contributed by atoms with Crippen molar-refractivity contribution < 1.29 is 37.3 Å². The van der Waals surface area contributed by atoms with E-state index in [-0.39, 0.29) is 17.8 Å². The lowest BCUT2D eigenvalue weighted by Crippen LogP contribution is -2.67. The van der Waals surface area contributed by atoms with Gasteiger partial charge in [0.05, 0.1) is 19.3 Å². The summed E-state index contributed by atoms with van der Waals surface area (Å²) in [5.41, 5.74) is 24.2. The summed E-state index contributed by atoms with van der Waals surface area (Å²) in [5.74, 6) is 11.0. The summed E-state index contributed by atoms with van der Waals surface area (Å²) in [7, 11) is 2.14. The molecule has 2 heterocycles. The van der Waals surface area contributed by atoms with Gasteiger partial charge in [0, 0.05) is 115 Å². The quantitative estimate of drug-likeness (QED) is 0.00431. The van der Waals surface area contributed by atoms with Crippen LogP contribution in [-0.2, 0) is 11.3 Å². The van der Waals surface area contributed by atoms with Crippen LogP contribution < -0.4 is 47.9 Å². The fourth-order valence-electron chi connectivity index (χ4n) is 10.9. The first-order valence-corrected chi connectivity index (χ1v) is 55.7. The molecule has 4 fully saturated rings. The number of nitrogens with zero attached hydrogens (tertiary/aromatic N) is 6. The molecule has 836 valence electrons. The van der Waals surface area contributed by atoms with Crippen molar-refractivity contribution >= 4 is 52.2 Å². The molecule has 146 heavy (non-hydrogen) atoms. The lowest BCUT2D eigenvalue weighted by Gasteiger charge is -2.62. The molecule has 7 aromatic rings. The van der Waals surface area contributed by atoms with Crippen molar-refractivity contribution in [2.45, 2.75) is 309 Å². The zero-order valence-electron chi connectivity index (χ0n) is 98.4. The first kappa shape index (κ1) is 147. The van der Waals surface area contributed by atoms with Gasteiger partial charge < -0.3 is 57.5 Å². The summed E-state index contributed by atoms with van der Waals surface area (Å²) in [6.45, 7) is 88.2. The smallest absolute Gasteiger partial charge is 0.411 e. The number of amides is 1. The van der Waals surface area contributed by atoms with Gasteiger partial charge in [0.25, 0.3) is 0 Å². The normalized spacial score (nSPS) is 13.9. The van der Waals surface area contributed by atoms with E-state index < -0.39 is 18.8 Å². The van der Waals surface area contributed by atoms with E-state index in [2.05, 4.69) is 314 Å². The molecule has 4 aliphatic rings. The fraction of sp³-hybridized carbons (Fsp3) is 0.648. The molecule has 0 aliphatic heterocycles. The van der Waals surface area contributed by atoms with E-state index >= 15 is 0 Å². The number of rotatable bonds is 38. The number of aromatic nitrogens is 2. The summed E-state index contributed by atoms with van der Waals surface area (Å²) in [4.78, 5) is 24.3. The first-order valence-electron chi connectivity index (χ1n) is 54.0. The first-order chi connectivity index (χ1) is 68.3. The van der Waals surface area contributed by atoms with Gasteiger partial charge in [0.1, 0.15) is 5.82 Å². The molecule has 3 atom stereocenters. The van der Waals surface area contributed by atoms with Gasteiger partial charge in [-0.3, -0.25) is 15.3 Å². The van der Waals surface area contributed by atoms with E-state index in [4.69, 9.17) is 37.8 Å². The molecule has 11 N–H and O–H groups in total. The predicted molar refractivity (Wildman–Crippen MR) is 635 cm³/mol. The number of para-hydroxylation sites is 2. The number of benzene rings is 5. The van der Waals surface area contributed by atoms with Gasteiger partial charge in [-0.15, -0.1) is 18.2 Å². The van der Waals surface area contributed by atoms with Gasteiger partial charge in [0.2, 0.25) is 0 Å². The number of allylic oxidation sites excluding steroid dienone is 1. The van der Waals surface area contributed by atoms with Gasteiger partial charge >= 0.3 is 12.3 Å². The minimum Gasteiger partial charge on any atom is -0.449 e. The van der Waals surface area contributed by atoms with E-state index in [1.54, 1.807) is 19.3 Å². The Morgan fingerprint density at radius 2 is 0.966 bits per heavy atom. The molecule has 1 amide bonds. The number of hydrogen-bond acceptors (Lipinski definition) is 16. The third kappa shape index (κ3) is 93.5. The molecule has 2 aromatic heterocycles. The van der Waals surface area contributed by atoms with E-state index in [9.17, 15) is 22.4 Å². The molecule has 0 saturated heterocycles. The SMILES string of the molecule is C=CC(C)(C)C(C)C.CC(C)C(C)Cl.CC(C)C(C)O.CC(C)CN.CC(C)CN(C)c1ccc(-c2cccnc2)cc1.CC(C)CN=[N+]=[N-].CC(C)CNC12CC(C1)C2.CC(C)CNCC(F)(F)F.CC(C)CNCC1CC1.CC(C)CNCc1ccc(F)cc1.CC(C)CNc1ccc(-c2cccnc2)cc1.CC(C)CNc1ccccc1.CC(C)CO.CC(C)COC(=O)Nc1ccccc1.CSC(C)C(C)C. The maximum atomic E-state index is 12.5. The van der Waals surface area contributed by atoms with Crippen molar-refractivity contribution in [3.63, 3.8) is 0 Å². The third-order valence-electron chi connectivity index (χ3n) is 22.4. The molecular formula is C122H213ClF4N14O4S. The van der Waals surface area contributed by atoms with Gasteiger partial charge in [-0.05, 0) is 304 Å². The lowest BCUT2D eigenvalue weighted by atomic mass is 9.50. The van der Waals surface area contributed by atoms with Crippen molar-refractivity contribution in [2.75, 3.05) is 119 Å². The second-order valence-corrected chi connectivity index (χ2v) is 46.8. The minimum absolute atomic E-state index is 0.148. The summed E-state index contributed by atoms with van der Waals surface area (Å²) in [6.07, 6.45) is 14.3. The number of ether oxygens (including phenoxy) is 1. The van der Waals surface area contributed by atoms with Crippen molar-refractivity contribution in [2.24, 2.45) is 117 Å². The number of hydrogen-bond donors (Lipinski definition) is 10. The average molecular weight is 2080 g/mol. The fourth-order valence-corrected chi connectivity index (χ4v) is 11.4. The van der Waals surface area contributed by atoms with Crippen molar-refractivity contribution in [1.29, 1.82) is 0 Å². The Morgan fingerprint density at radius 3 is 1.26 bits per heavy atom. The second kappa shape index (κ2) is 88.9. The van der Waals surface area contributed by atoms with Crippen LogP contribution in [0.5, 0.6) is 0 Å². The van der Waals surface area contributed by atoms with E-state index in [0.717, 1.165) is 96.5 Å². The van der Waals surface area contributed by atoms with Crippen LogP contribution in [0.15, 0.2) is 200 Å². The number of azide groups is 1. The minimum atomic E-state index is -4.07. The van der Waals surface area contributed by atoms with Crippen molar-refractivity contribution in [3.8, 4) is 22.3 Å². The highest BCUT2D eigenvalue weighted by atomic mass is 35.5. The van der Waals surface area contributed by atoms with Crippen LogP contribution in [0.1, 0.15) is 280 Å². The largest absolute Gasteiger partial charge is 0.449 e. The van der Waals surface area contributed by atoms with Crippen LogP contribution >= 0.6 is 23.4 Å². The highest BCUT2D eigenvalue weighted by Gasteiger charge is 2.56. The predicted octanol–water partition coefficient (Wildman–Crippen LogP) is 32.8. The number of carbonyl (C=O) groups is 1. The number of thioether (sulfide) groups is 1. The van der Waals surface area contributed by atoms with E-state index in [1.165, 1.54) is 92.1 Å². The number of alkyl halides is 4. The maximum absolute atomic E-state index is 12.5. The number of carbonyl (C=O) groups excluding carboxylic acids is 1. The van der Waals surface area contributed by atoms with Crippen LogP contribution in [0.2, 0.25) is 0 Å². The van der Waals surface area contributed by atoms with Gasteiger partial charge in [-0.25, -0.2) is 9.18 Å². The maximum Gasteiger partial charge on any atom is 0.411 e. The number of aliphatic hydroxyl groups is 2. The Balaban J connectivity index is -0.000000494. The Kier molecular flexibility index (Phi) is 89.3. The second-order valence-electron chi connectivity index (χ2n) is 44.9. The molecule has 18 nitrogen and oxygen atoms in total. The molecule has 11 rings (SSSR count). The van der Waals surface area contributed by atoms with Crippen LogP contribution in [0, 0.1) is 112 Å². The number of aliphatic hydroxyl groups excluding tert-OH is 2. The van der Waals surface area contributed by atoms with Crippen molar-refractivity contribution in [3.05, 3.63) is 217 Å². The van der Waals surface area contributed by atoms with Gasteiger partial charge in [0.15, 0.2) is 0 Å². The summed E-state index contributed by atoms with van der Waals surface area (Å²) >= 11 is 7.55. The molecule has 2 bridgehead atoms. The van der Waals surface area contributed by atoms with E-state index in [0.29, 0.717) is 108 Å². The lowest BCUT2D eigenvalue weighted by molar-refractivity contribution is -0.125. The number of anilines is 4. The summed E-state index contributed by atoms with van der Waals surface area (Å²) in [5, 5.41) is 43.4. The molecule has 24 heteroatoms. The Morgan fingerprint density at radius 1 is 0.555 bits per heavy atom. The molecular weight excluding hydrogens is 1870 g/mol. The zero-order chi connectivity index (χ0) is 113. The Bertz CT molecular complexity index is 4090. The molecule has 5 aromatic carbocycles. The van der Waals surface area contributed by atoms with Crippen molar-refractivity contribution in [1.82, 2.24) is 31.2 Å². The number of halogens is 5. The molecule has 0 radical (unpaired) electrons. The van der Waals surface area contributed by atoms with Crippen LogP contribution in [0.4, 0.5) is 45.1 Å². The summed E-state index contributed by atoms with van der Waals surface area (Å²) in [6, 6.07) is 51.4. The molecule has 4 aliphatic carbocycles. The van der Waals surface area contributed by atoms with Crippen LogP contribution in [0.3, 0.4) is 0 Å². The molecule has 0 spiro atoms. The number of nitrogens with two attached hydrogens (primary N) is 1. The Hall–Kier alpha value is -7.80. The average Bonchev–Trinajstić information content (AvgIpc) is 1.13. The van der Waals surface area contributed by atoms with Crippen LogP contribution in [0.25, 0.3) is 32.7 Å². The third-order valence-corrected chi connectivity index (χ3v) is 24.2. The monoisotopic (exact) mass is 2080 g/mol. The Labute approximate surface area is 900 Å². The van der Waals surface area contributed by atoms with Gasteiger partial charge in [-0.2, -0.15) is 24.9 Å². The number of nitrogens with one attached hydrogen (secondary N) is 7. The molecule has 3 unspecified atom stereocenters. The highest BCUT2D eigenvalue weighted by molar-refractivity contribution is 7.99. The number of pyridine rings is 2. The summed E-state index contributed by atoms with van der Waals surface area (Å²) < 4.78 is 51.8. The van der Waals surface area contributed by atoms with Gasteiger partial charge in [-0.1, -0.05) is 325 Å². The van der Waals surface area contributed by atoms with E-state index in [1.807, 2.05) is 179 Å².